The van der Waals surface area contributed by atoms with Crippen LogP contribution < -0.4 is 5.32 Å². The molecule has 1 aromatic heterocycles. The molecule has 1 fully saturated rings. The van der Waals surface area contributed by atoms with Gasteiger partial charge in [0.2, 0.25) is 0 Å². The molecule has 2 atom stereocenters. The second-order valence-electron chi connectivity index (χ2n) is 4.58. The van der Waals surface area contributed by atoms with Crippen LogP contribution in [0, 0.1) is 12.8 Å². The standard InChI is InChI=1S/C12H14ClNO3S/c1-6-5-18-10(9(6)13)11(15)14-8-3-2-7(4-8)12(16)17/h5,7-8H,2-4H2,1H3,(H,14,15)(H,16,17)/t7-,8+/m1/s1. The molecule has 0 bridgehead atoms. The molecule has 2 rings (SSSR count). The van der Waals surface area contributed by atoms with Crippen molar-refractivity contribution in [1.29, 1.82) is 0 Å². The molecule has 0 aromatic carbocycles. The Morgan fingerprint density at radius 1 is 1.50 bits per heavy atom. The van der Waals surface area contributed by atoms with Gasteiger partial charge in [-0.3, -0.25) is 9.59 Å². The van der Waals surface area contributed by atoms with Crippen LogP contribution in [0.15, 0.2) is 5.38 Å². The van der Waals surface area contributed by atoms with E-state index in [2.05, 4.69) is 5.32 Å². The van der Waals surface area contributed by atoms with E-state index in [4.69, 9.17) is 16.7 Å². The van der Waals surface area contributed by atoms with Gasteiger partial charge in [-0.15, -0.1) is 11.3 Å². The quantitative estimate of drug-likeness (QED) is 0.898. The first-order valence-electron chi connectivity index (χ1n) is 5.76. The molecule has 0 aliphatic heterocycles. The first-order valence-corrected chi connectivity index (χ1v) is 7.02. The number of amides is 1. The highest BCUT2D eigenvalue weighted by Gasteiger charge is 2.31. The van der Waals surface area contributed by atoms with Gasteiger partial charge in [0.15, 0.2) is 0 Å². The summed E-state index contributed by atoms with van der Waals surface area (Å²) in [4.78, 5) is 23.3. The summed E-state index contributed by atoms with van der Waals surface area (Å²) in [5.41, 5.74) is 0.890. The van der Waals surface area contributed by atoms with Gasteiger partial charge in [0.1, 0.15) is 4.88 Å². The van der Waals surface area contributed by atoms with Crippen molar-refractivity contribution in [3.63, 3.8) is 0 Å². The number of carbonyl (C=O) groups is 2. The van der Waals surface area contributed by atoms with Crippen molar-refractivity contribution in [2.75, 3.05) is 0 Å². The number of carbonyl (C=O) groups excluding carboxylic acids is 1. The van der Waals surface area contributed by atoms with Crippen molar-refractivity contribution in [2.45, 2.75) is 32.2 Å². The van der Waals surface area contributed by atoms with Crippen molar-refractivity contribution in [1.82, 2.24) is 5.32 Å². The molecule has 1 aliphatic rings. The molecule has 6 heteroatoms. The molecule has 0 spiro atoms. The SMILES string of the molecule is Cc1csc(C(=O)N[C@H]2CC[C@@H](C(=O)O)C2)c1Cl. The Kier molecular flexibility index (Phi) is 3.92. The topological polar surface area (TPSA) is 66.4 Å². The van der Waals surface area contributed by atoms with Gasteiger partial charge in [-0.2, -0.15) is 0 Å². The van der Waals surface area contributed by atoms with E-state index in [9.17, 15) is 9.59 Å². The molecule has 98 valence electrons. The number of aryl methyl sites for hydroxylation is 1. The number of hydrogen-bond donors (Lipinski definition) is 2. The Hall–Kier alpha value is -1.07. The molecule has 2 N–H and O–H groups in total. The molecule has 1 aliphatic carbocycles. The molecular weight excluding hydrogens is 274 g/mol. The zero-order valence-corrected chi connectivity index (χ0v) is 11.5. The number of hydrogen-bond acceptors (Lipinski definition) is 3. The average Bonchev–Trinajstić information content (AvgIpc) is 2.88. The van der Waals surface area contributed by atoms with Gasteiger partial charge < -0.3 is 10.4 Å². The number of carboxylic acid groups (broad SMARTS) is 1. The molecule has 1 heterocycles. The minimum Gasteiger partial charge on any atom is -0.481 e. The highest BCUT2D eigenvalue weighted by atomic mass is 35.5. The predicted octanol–water partition coefficient (Wildman–Crippen LogP) is 2.69. The summed E-state index contributed by atoms with van der Waals surface area (Å²) in [6.45, 7) is 1.85. The van der Waals surface area contributed by atoms with Crippen LogP contribution in [0.2, 0.25) is 5.02 Å². The Labute approximate surface area is 114 Å². The lowest BCUT2D eigenvalue weighted by Crippen LogP contribution is -2.33. The van der Waals surface area contributed by atoms with Crippen LogP contribution in [0.25, 0.3) is 0 Å². The molecule has 1 amide bonds. The predicted molar refractivity (Wildman–Crippen MR) is 70.3 cm³/mol. The summed E-state index contributed by atoms with van der Waals surface area (Å²) in [5.74, 6) is -1.32. The van der Waals surface area contributed by atoms with Crippen molar-refractivity contribution in [3.8, 4) is 0 Å². The Morgan fingerprint density at radius 2 is 2.22 bits per heavy atom. The smallest absolute Gasteiger partial charge is 0.306 e. The number of thiophene rings is 1. The van der Waals surface area contributed by atoms with E-state index in [1.54, 1.807) is 0 Å². The van der Waals surface area contributed by atoms with Crippen molar-refractivity contribution < 1.29 is 14.7 Å². The van der Waals surface area contributed by atoms with E-state index < -0.39 is 5.97 Å². The minimum absolute atomic E-state index is 0.0583. The summed E-state index contributed by atoms with van der Waals surface area (Å²) in [7, 11) is 0. The first-order chi connectivity index (χ1) is 8.49. The van der Waals surface area contributed by atoms with Gasteiger partial charge in [-0.25, -0.2) is 0 Å². The summed E-state index contributed by atoms with van der Waals surface area (Å²) < 4.78 is 0. The van der Waals surface area contributed by atoms with E-state index in [0.29, 0.717) is 29.2 Å². The molecule has 0 radical (unpaired) electrons. The highest BCUT2D eigenvalue weighted by Crippen LogP contribution is 2.29. The summed E-state index contributed by atoms with van der Waals surface area (Å²) in [5, 5.41) is 14.1. The lowest BCUT2D eigenvalue weighted by atomic mass is 10.1. The molecule has 1 aromatic rings. The molecule has 18 heavy (non-hydrogen) atoms. The van der Waals surface area contributed by atoms with Gasteiger partial charge in [-0.05, 0) is 37.1 Å². The van der Waals surface area contributed by atoms with E-state index in [1.165, 1.54) is 11.3 Å². The number of carboxylic acids is 1. The lowest BCUT2D eigenvalue weighted by Gasteiger charge is -2.11. The Balaban J connectivity index is 1.97. The van der Waals surface area contributed by atoms with Crippen LogP contribution in [0.3, 0.4) is 0 Å². The van der Waals surface area contributed by atoms with Gasteiger partial charge in [0, 0.05) is 6.04 Å². The van der Waals surface area contributed by atoms with E-state index in [1.807, 2.05) is 12.3 Å². The van der Waals surface area contributed by atoms with Crippen LogP contribution in [0.1, 0.15) is 34.5 Å². The third kappa shape index (κ3) is 2.67. The second kappa shape index (κ2) is 5.28. The van der Waals surface area contributed by atoms with E-state index in [0.717, 1.165) is 5.56 Å². The average molecular weight is 288 g/mol. The molecular formula is C12H14ClNO3S. The fourth-order valence-electron chi connectivity index (χ4n) is 2.17. The third-order valence-corrected chi connectivity index (χ3v) is 4.92. The van der Waals surface area contributed by atoms with Gasteiger partial charge in [0.05, 0.1) is 10.9 Å². The van der Waals surface area contributed by atoms with Crippen molar-refractivity contribution in [3.05, 3.63) is 20.8 Å². The second-order valence-corrected chi connectivity index (χ2v) is 5.84. The van der Waals surface area contributed by atoms with Crippen LogP contribution in [-0.2, 0) is 4.79 Å². The van der Waals surface area contributed by atoms with E-state index in [-0.39, 0.29) is 17.9 Å². The fourth-order valence-corrected chi connectivity index (χ4v) is 3.35. The van der Waals surface area contributed by atoms with Crippen LogP contribution in [-0.4, -0.2) is 23.0 Å². The third-order valence-electron chi connectivity index (χ3n) is 3.22. The van der Waals surface area contributed by atoms with E-state index >= 15 is 0 Å². The lowest BCUT2D eigenvalue weighted by molar-refractivity contribution is -0.141. The first kappa shape index (κ1) is 13.4. The number of nitrogens with one attached hydrogen (secondary N) is 1. The fraction of sp³-hybridized carbons (Fsp3) is 0.500. The number of halogens is 1. The van der Waals surface area contributed by atoms with Gasteiger partial charge >= 0.3 is 5.97 Å². The zero-order chi connectivity index (χ0) is 13.3. The number of aliphatic carboxylic acids is 1. The summed E-state index contributed by atoms with van der Waals surface area (Å²) in [6.07, 6.45) is 1.84. The Morgan fingerprint density at radius 3 is 2.72 bits per heavy atom. The summed E-state index contributed by atoms with van der Waals surface area (Å²) >= 11 is 7.34. The van der Waals surface area contributed by atoms with Crippen LogP contribution in [0.5, 0.6) is 0 Å². The normalized spacial score (nSPS) is 23.0. The molecule has 1 saturated carbocycles. The Bertz CT molecular complexity index is 486. The largest absolute Gasteiger partial charge is 0.481 e. The maximum absolute atomic E-state index is 12.0. The maximum atomic E-state index is 12.0. The van der Waals surface area contributed by atoms with Crippen LogP contribution in [0.4, 0.5) is 0 Å². The molecule has 0 saturated heterocycles. The van der Waals surface area contributed by atoms with Gasteiger partial charge in [0.25, 0.3) is 5.91 Å². The monoisotopic (exact) mass is 287 g/mol. The highest BCUT2D eigenvalue weighted by molar-refractivity contribution is 7.13. The minimum atomic E-state index is -0.781. The van der Waals surface area contributed by atoms with Crippen LogP contribution >= 0.6 is 22.9 Å². The summed E-state index contributed by atoms with van der Waals surface area (Å²) in [6, 6.07) is -0.0583. The molecule has 0 unspecified atom stereocenters. The zero-order valence-electron chi connectivity index (χ0n) is 9.90. The van der Waals surface area contributed by atoms with Gasteiger partial charge in [-0.1, -0.05) is 11.6 Å². The van der Waals surface area contributed by atoms with Crippen molar-refractivity contribution >= 4 is 34.8 Å². The van der Waals surface area contributed by atoms with Crippen molar-refractivity contribution in [2.24, 2.45) is 5.92 Å². The molecule has 4 nitrogen and oxygen atoms in total. The number of rotatable bonds is 3. The maximum Gasteiger partial charge on any atom is 0.306 e.